The van der Waals surface area contributed by atoms with Crippen LogP contribution >= 0.6 is 0 Å². The molecule has 5 nitrogen and oxygen atoms in total. The van der Waals surface area contributed by atoms with E-state index < -0.39 is 21.8 Å². The van der Waals surface area contributed by atoms with Crippen molar-refractivity contribution in [1.29, 1.82) is 0 Å². The summed E-state index contributed by atoms with van der Waals surface area (Å²) in [5.41, 5.74) is 0.439. The molecule has 0 aliphatic carbocycles. The molecule has 0 fully saturated rings. The highest BCUT2D eigenvalue weighted by Gasteiger charge is 2.35. The van der Waals surface area contributed by atoms with E-state index in [4.69, 9.17) is 0 Å². The third-order valence-corrected chi connectivity index (χ3v) is 6.05. The molecular formula is C17H11F4N3O2S. The highest BCUT2D eigenvalue weighted by Crippen LogP contribution is 2.41. The highest BCUT2D eigenvalue weighted by atomic mass is 32.2. The molecule has 140 valence electrons. The molecule has 10 heteroatoms. The zero-order chi connectivity index (χ0) is 19.4. The van der Waals surface area contributed by atoms with Gasteiger partial charge in [-0.15, -0.1) is 10.0 Å². The standard InChI is InChI=1S/C17H11F4N3O2S/c18-17(19,20)12-5-7-13(8-6-12)27(25,26)23-9-11-10-24(21)22-16(11)14-3-1-2-4-15(14)23/h1-8,10H,9H2. The maximum Gasteiger partial charge on any atom is 0.416 e. The Bertz CT molecular complexity index is 1120. The molecule has 0 saturated heterocycles. The summed E-state index contributed by atoms with van der Waals surface area (Å²) in [6.07, 6.45) is -3.49. The van der Waals surface area contributed by atoms with Gasteiger partial charge in [-0.2, -0.15) is 13.2 Å². The van der Waals surface area contributed by atoms with Crippen LogP contribution in [0.15, 0.2) is 59.6 Å². The van der Waals surface area contributed by atoms with E-state index in [1.54, 1.807) is 18.2 Å². The monoisotopic (exact) mass is 397 g/mol. The minimum atomic E-state index is -4.56. The zero-order valence-electron chi connectivity index (χ0n) is 13.5. The Labute approximate surface area is 151 Å². The highest BCUT2D eigenvalue weighted by molar-refractivity contribution is 7.92. The van der Waals surface area contributed by atoms with Gasteiger partial charge in [0, 0.05) is 11.1 Å². The quantitative estimate of drug-likeness (QED) is 0.614. The summed E-state index contributed by atoms with van der Waals surface area (Å²) in [6, 6.07) is 9.68. The normalized spacial score (nSPS) is 14.0. The Morgan fingerprint density at radius 1 is 1.00 bits per heavy atom. The van der Waals surface area contributed by atoms with Gasteiger partial charge >= 0.3 is 6.18 Å². The van der Waals surface area contributed by atoms with Crippen molar-refractivity contribution >= 4 is 15.7 Å². The van der Waals surface area contributed by atoms with Crippen LogP contribution in [0.3, 0.4) is 0 Å². The fourth-order valence-electron chi connectivity index (χ4n) is 3.01. The number of hydrogen-bond acceptors (Lipinski definition) is 3. The number of anilines is 1. The second-order valence-electron chi connectivity index (χ2n) is 5.94. The van der Waals surface area contributed by atoms with Crippen LogP contribution < -0.4 is 4.31 Å². The summed E-state index contributed by atoms with van der Waals surface area (Å²) in [5, 5.41) is 3.72. The van der Waals surface area contributed by atoms with E-state index in [1.165, 1.54) is 6.07 Å². The van der Waals surface area contributed by atoms with Crippen LogP contribution in [0, 0.1) is 0 Å². The number of fused-ring (bicyclic) bond motifs is 3. The topological polar surface area (TPSA) is 55.2 Å². The van der Waals surface area contributed by atoms with Crippen molar-refractivity contribution in [2.45, 2.75) is 17.6 Å². The maximum absolute atomic E-state index is 13.5. The molecule has 2 heterocycles. The number of benzene rings is 2. The van der Waals surface area contributed by atoms with Crippen molar-refractivity contribution in [3.63, 3.8) is 0 Å². The van der Waals surface area contributed by atoms with Crippen molar-refractivity contribution in [2.24, 2.45) is 0 Å². The molecule has 0 radical (unpaired) electrons. The van der Waals surface area contributed by atoms with Gasteiger partial charge < -0.3 is 0 Å². The molecule has 0 saturated carbocycles. The van der Waals surface area contributed by atoms with Crippen LogP contribution in [0.2, 0.25) is 0 Å². The van der Waals surface area contributed by atoms with Crippen molar-refractivity contribution in [1.82, 2.24) is 10.0 Å². The smallest absolute Gasteiger partial charge is 0.261 e. The van der Waals surface area contributed by atoms with Crippen LogP contribution in [0.1, 0.15) is 11.1 Å². The third kappa shape index (κ3) is 2.85. The van der Waals surface area contributed by atoms with E-state index in [0.717, 1.165) is 22.6 Å². The third-order valence-electron chi connectivity index (χ3n) is 4.27. The number of aromatic nitrogens is 2. The van der Waals surface area contributed by atoms with Gasteiger partial charge in [0.1, 0.15) is 5.69 Å². The summed E-state index contributed by atoms with van der Waals surface area (Å²) in [4.78, 5) is -0.184. The molecule has 27 heavy (non-hydrogen) atoms. The number of sulfonamides is 1. The Morgan fingerprint density at radius 2 is 1.67 bits per heavy atom. The van der Waals surface area contributed by atoms with Gasteiger partial charge in [-0.05, 0) is 30.3 Å². The summed E-state index contributed by atoms with van der Waals surface area (Å²) < 4.78 is 78.8. The largest absolute Gasteiger partial charge is 0.416 e. The van der Waals surface area contributed by atoms with Crippen LogP contribution in [0.4, 0.5) is 23.3 Å². The number of hydrogen-bond donors (Lipinski definition) is 0. The number of rotatable bonds is 2. The van der Waals surface area contributed by atoms with Gasteiger partial charge in [0.15, 0.2) is 0 Å². The van der Waals surface area contributed by atoms with Gasteiger partial charge in [-0.1, -0.05) is 22.7 Å². The first-order valence-electron chi connectivity index (χ1n) is 7.72. The summed E-state index contributed by atoms with van der Waals surface area (Å²) in [7, 11) is -4.16. The Morgan fingerprint density at radius 3 is 2.33 bits per heavy atom. The second kappa shape index (κ2) is 5.81. The van der Waals surface area contributed by atoms with Gasteiger partial charge in [0.2, 0.25) is 0 Å². The Balaban J connectivity index is 1.81. The molecular weight excluding hydrogens is 386 g/mol. The number of nitrogens with zero attached hydrogens (tertiary/aromatic N) is 3. The SMILES string of the molecule is O=S(=O)(c1ccc(C(F)(F)F)cc1)N1Cc2cn(F)nc2-c2ccccc21. The van der Waals surface area contributed by atoms with Gasteiger partial charge in [0.25, 0.3) is 10.0 Å². The van der Waals surface area contributed by atoms with Crippen LogP contribution in [-0.4, -0.2) is 18.4 Å². The molecule has 0 amide bonds. The number of alkyl halides is 3. The van der Waals surface area contributed by atoms with Crippen molar-refractivity contribution < 1.29 is 26.1 Å². The van der Waals surface area contributed by atoms with Gasteiger partial charge in [-0.25, -0.2) is 8.42 Å². The maximum atomic E-state index is 13.5. The van der Waals surface area contributed by atoms with Gasteiger partial charge in [-0.3, -0.25) is 4.31 Å². The van der Waals surface area contributed by atoms with E-state index in [2.05, 4.69) is 5.10 Å². The van der Waals surface area contributed by atoms with Crippen molar-refractivity contribution in [2.75, 3.05) is 4.31 Å². The van der Waals surface area contributed by atoms with Crippen molar-refractivity contribution in [3.8, 4) is 11.3 Å². The van der Waals surface area contributed by atoms with Crippen molar-refractivity contribution in [3.05, 3.63) is 65.9 Å². The molecule has 4 rings (SSSR count). The Hall–Kier alpha value is -2.88. The van der Waals surface area contributed by atoms with Crippen LogP contribution in [-0.2, 0) is 22.7 Å². The first kappa shape index (κ1) is 17.5. The fraction of sp³-hybridized carbons (Fsp3) is 0.118. The van der Waals surface area contributed by atoms with E-state index >= 15 is 0 Å². The molecule has 0 atom stereocenters. The first-order valence-corrected chi connectivity index (χ1v) is 9.16. The average Bonchev–Trinajstić information content (AvgIpc) is 3.01. The van der Waals surface area contributed by atoms with E-state index in [1.807, 2.05) is 0 Å². The number of halogens is 4. The van der Waals surface area contributed by atoms with E-state index in [0.29, 0.717) is 29.0 Å². The predicted octanol–water partition coefficient (Wildman–Crippen LogP) is 4.01. The molecule has 1 aliphatic rings. The zero-order valence-corrected chi connectivity index (χ0v) is 14.3. The van der Waals surface area contributed by atoms with E-state index in [9.17, 15) is 26.1 Å². The molecule has 1 aromatic heterocycles. The lowest BCUT2D eigenvalue weighted by atomic mass is 10.0. The second-order valence-corrected chi connectivity index (χ2v) is 7.80. The minimum Gasteiger partial charge on any atom is -0.261 e. The van der Waals surface area contributed by atoms with Gasteiger partial charge in [0.05, 0.1) is 28.9 Å². The molecule has 2 aromatic carbocycles. The minimum absolute atomic E-state index is 0.107. The summed E-state index contributed by atoms with van der Waals surface area (Å²) in [6.45, 7) is -0.181. The molecule has 1 aliphatic heterocycles. The lowest BCUT2D eigenvalue weighted by Crippen LogP contribution is -2.33. The number of para-hydroxylation sites is 1. The fourth-order valence-corrected chi connectivity index (χ4v) is 4.47. The molecule has 0 unspecified atom stereocenters. The lowest BCUT2D eigenvalue weighted by molar-refractivity contribution is -0.137. The molecule has 0 N–H and O–H groups in total. The molecule has 0 spiro atoms. The summed E-state index contributed by atoms with van der Waals surface area (Å²) in [5.74, 6) is 0. The van der Waals surface area contributed by atoms with E-state index in [-0.39, 0.29) is 22.0 Å². The predicted molar refractivity (Wildman–Crippen MR) is 89.0 cm³/mol. The molecule has 0 bridgehead atoms. The average molecular weight is 397 g/mol. The van der Waals surface area contributed by atoms with Crippen LogP contribution in [0.25, 0.3) is 11.3 Å². The molecule has 3 aromatic rings. The van der Waals surface area contributed by atoms with Crippen LogP contribution in [0.5, 0.6) is 0 Å². The first-order chi connectivity index (χ1) is 12.7. The lowest BCUT2D eigenvalue weighted by Gasteiger charge is -2.29. The Kier molecular flexibility index (Phi) is 3.77. The summed E-state index contributed by atoms with van der Waals surface area (Å²) >= 11 is 0.